The first-order valence-corrected chi connectivity index (χ1v) is 6.16. The monoisotopic (exact) mass is 250 g/mol. The fourth-order valence-corrected chi connectivity index (χ4v) is 2.00. The largest absolute Gasteiger partial charge is 0.373 e. The number of rotatable bonds is 2. The molecular weight excluding hydrogens is 236 g/mol. The molecule has 19 heavy (non-hydrogen) atoms. The zero-order valence-corrected chi connectivity index (χ0v) is 10.9. The molecule has 0 aliphatic rings. The molecular formula is C15H14N4. The lowest BCUT2D eigenvalue weighted by Gasteiger charge is -2.05. The summed E-state index contributed by atoms with van der Waals surface area (Å²) < 4.78 is 0. The van der Waals surface area contributed by atoms with Gasteiger partial charge in [-0.05, 0) is 19.1 Å². The number of aromatic nitrogens is 3. The van der Waals surface area contributed by atoms with E-state index in [1.54, 1.807) is 0 Å². The Kier molecular flexibility index (Phi) is 2.83. The first kappa shape index (κ1) is 11.6. The molecule has 1 aromatic carbocycles. The topological polar surface area (TPSA) is 50.7 Å². The number of para-hydroxylation sites is 1. The van der Waals surface area contributed by atoms with E-state index in [-0.39, 0.29) is 0 Å². The predicted molar refractivity (Wildman–Crippen MR) is 77.1 cm³/mol. The highest BCUT2D eigenvalue weighted by Crippen LogP contribution is 2.19. The number of anilines is 1. The van der Waals surface area contributed by atoms with Gasteiger partial charge in [-0.1, -0.05) is 24.3 Å². The Balaban J connectivity index is 2.15. The summed E-state index contributed by atoms with van der Waals surface area (Å²) in [4.78, 5) is 13.5. The van der Waals surface area contributed by atoms with Crippen molar-refractivity contribution in [2.75, 3.05) is 12.4 Å². The van der Waals surface area contributed by atoms with Crippen LogP contribution in [0, 0.1) is 6.92 Å². The highest BCUT2D eigenvalue weighted by atomic mass is 15.0. The van der Waals surface area contributed by atoms with Gasteiger partial charge < -0.3 is 5.32 Å². The molecule has 94 valence electrons. The van der Waals surface area contributed by atoms with Crippen LogP contribution in [0.1, 0.15) is 5.69 Å². The molecule has 3 rings (SSSR count). The zero-order chi connectivity index (χ0) is 13.2. The maximum Gasteiger partial charge on any atom is 0.180 e. The van der Waals surface area contributed by atoms with E-state index in [0.717, 1.165) is 28.1 Å². The van der Waals surface area contributed by atoms with Gasteiger partial charge in [-0.15, -0.1) is 0 Å². The Hall–Kier alpha value is -2.49. The minimum absolute atomic E-state index is 0.648. The van der Waals surface area contributed by atoms with E-state index in [4.69, 9.17) is 0 Å². The van der Waals surface area contributed by atoms with Crippen molar-refractivity contribution in [3.8, 4) is 11.5 Å². The molecule has 0 fully saturated rings. The Morgan fingerprint density at radius 1 is 0.947 bits per heavy atom. The zero-order valence-electron chi connectivity index (χ0n) is 10.9. The smallest absolute Gasteiger partial charge is 0.180 e. The average Bonchev–Trinajstić information content (AvgIpc) is 2.46. The van der Waals surface area contributed by atoms with E-state index in [2.05, 4.69) is 20.3 Å². The maximum atomic E-state index is 4.61. The van der Waals surface area contributed by atoms with Crippen LogP contribution in [-0.2, 0) is 0 Å². The van der Waals surface area contributed by atoms with Gasteiger partial charge in [0, 0.05) is 24.2 Å². The third-order valence-corrected chi connectivity index (χ3v) is 2.94. The van der Waals surface area contributed by atoms with Crippen LogP contribution in [0.2, 0.25) is 0 Å². The van der Waals surface area contributed by atoms with E-state index in [1.807, 2.05) is 56.4 Å². The van der Waals surface area contributed by atoms with Gasteiger partial charge in [0.2, 0.25) is 0 Å². The molecule has 0 aliphatic heterocycles. The number of aryl methyl sites for hydroxylation is 1. The second-order valence-corrected chi connectivity index (χ2v) is 4.36. The summed E-state index contributed by atoms with van der Waals surface area (Å²) in [7, 11) is 1.85. The van der Waals surface area contributed by atoms with Crippen molar-refractivity contribution < 1.29 is 0 Å². The highest BCUT2D eigenvalue weighted by Gasteiger charge is 2.06. The van der Waals surface area contributed by atoms with Gasteiger partial charge in [-0.25, -0.2) is 15.0 Å². The lowest BCUT2D eigenvalue weighted by atomic mass is 10.2. The normalized spacial score (nSPS) is 10.6. The van der Waals surface area contributed by atoms with E-state index >= 15 is 0 Å². The van der Waals surface area contributed by atoms with Crippen molar-refractivity contribution >= 4 is 16.7 Å². The van der Waals surface area contributed by atoms with Gasteiger partial charge in [0.1, 0.15) is 11.5 Å². The number of benzene rings is 1. The summed E-state index contributed by atoms with van der Waals surface area (Å²) in [6, 6.07) is 13.9. The van der Waals surface area contributed by atoms with Crippen LogP contribution < -0.4 is 5.32 Å². The summed E-state index contributed by atoms with van der Waals surface area (Å²) >= 11 is 0. The molecule has 3 aromatic rings. The van der Waals surface area contributed by atoms with Crippen LogP contribution in [0.25, 0.3) is 22.4 Å². The van der Waals surface area contributed by atoms with Gasteiger partial charge in [0.15, 0.2) is 5.82 Å². The van der Waals surface area contributed by atoms with Crippen LogP contribution in [0.15, 0.2) is 42.5 Å². The summed E-state index contributed by atoms with van der Waals surface area (Å²) in [6.07, 6.45) is 0. The summed E-state index contributed by atoms with van der Waals surface area (Å²) in [6.45, 7) is 1.95. The molecule has 0 amide bonds. The number of nitrogens with one attached hydrogen (secondary N) is 1. The second kappa shape index (κ2) is 4.65. The summed E-state index contributed by atoms with van der Waals surface area (Å²) in [5.74, 6) is 1.45. The molecule has 2 aromatic heterocycles. The summed E-state index contributed by atoms with van der Waals surface area (Å²) in [5, 5.41) is 4.15. The number of pyridine rings is 1. The fourth-order valence-electron chi connectivity index (χ4n) is 2.00. The Bertz CT molecular complexity index is 737. The van der Waals surface area contributed by atoms with Gasteiger partial charge >= 0.3 is 0 Å². The molecule has 4 heteroatoms. The van der Waals surface area contributed by atoms with Crippen LogP contribution >= 0.6 is 0 Å². The van der Waals surface area contributed by atoms with E-state index in [1.165, 1.54) is 0 Å². The number of hydrogen-bond donors (Lipinski definition) is 1. The Labute approximate surface area is 111 Å². The van der Waals surface area contributed by atoms with Crippen molar-refractivity contribution in [2.24, 2.45) is 0 Å². The van der Waals surface area contributed by atoms with E-state index < -0.39 is 0 Å². The quantitative estimate of drug-likeness (QED) is 0.759. The lowest BCUT2D eigenvalue weighted by molar-refractivity contribution is 1.09. The minimum atomic E-state index is 0.648. The predicted octanol–water partition coefficient (Wildman–Crippen LogP) is 3.04. The van der Waals surface area contributed by atoms with Crippen LogP contribution in [0.5, 0.6) is 0 Å². The van der Waals surface area contributed by atoms with E-state index in [0.29, 0.717) is 5.82 Å². The van der Waals surface area contributed by atoms with Gasteiger partial charge in [0.05, 0.1) is 5.52 Å². The molecule has 4 nitrogen and oxygen atoms in total. The molecule has 0 saturated carbocycles. The van der Waals surface area contributed by atoms with Crippen molar-refractivity contribution in [2.45, 2.75) is 6.92 Å². The first-order valence-electron chi connectivity index (χ1n) is 6.16. The lowest BCUT2D eigenvalue weighted by Crippen LogP contribution is -1.99. The van der Waals surface area contributed by atoms with Crippen molar-refractivity contribution in [3.63, 3.8) is 0 Å². The molecule has 1 N–H and O–H groups in total. The van der Waals surface area contributed by atoms with Crippen molar-refractivity contribution in [3.05, 3.63) is 48.2 Å². The van der Waals surface area contributed by atoms with Crippen molar-refractivity contribution in [1.29, 1.82) is 0 Å². The Morgan fingerprint density at radius 2 is 1.79 bits per heavy atom. The molecule has 0 unspecified atom stereocenters. The van der Waals surface area contributed by atoms with Gasteiger partial charge in [-0.3, -0.25) is 0 Å². The molecule has 2 heterocycles. The van der Waals surface area contributed by atoms with Crippen LogP contribution in [0.3, 0.4) is 0 Å². The number of hydrogen-bond acceptors (Lipinski definition) is 4. The van der Waals surface area contributed by atoms with E-state index in [9.17, 15) is 0 Å². The SMILES string of the molecule is CNc1cc(C)nc(-c2ccc3ccccc3n2)n1. The van der Waals surface area contributed by atoms with Crippen LogP contribution in [-0.4, -0.2) is 22.0 Å². The minimum Gasteiger partial charge on any atom is -0.373 e. The van der Waals surface area contributed by atoms with Crippen molar-refractivity contribution in [1.82, 2.24) is 15.0 Å². The van der Waals surface area contributed by atoms with Gasteiger partial charge in [-0.2, -0.15) is 0 Å². The fraction of sp³-hybridized carbons (Fsp3) is 0.133. The first-order chi connectivity index (χ1) is 9.26. The van der Waals surface area contributed by atoms with Gasteiger partial charge in [0.25, 0.3) is 0 Å². The number of fused-ring (bicyclic) bond motifs is 1. The highest BCUT2D eigenvalue weighted by molar-refractivity contribution is 5.80. The standard InChI is InChI=1S/C15H14N4/c1-10-9-14(16-2)19-15(17-10)13-8-7-11-5-3-4-6-12(11)18-13/h3-9H,1-2H3,(H,16,17,19). The van der Waals surface area contributed by atoms with Crippen LogP contribution in [0.4, 0.5) is 5.82 Å². The molecule has 0 bridgehead atoms. The molecule has 0 radical (unpaired) electrons. The average molecular weight is 250 g/mol. The molecule has 0 aliphatic carbocycles. The molecule has 0 saturated heterocycles. The third-order valence-electron chi connectivity index (χ3n) is 2.94. The molecule has 0 spiro atoms. The number of nitrogens with zero attached hydrogens (tertiary/aromatic N) is 3. The Morgan fingerprint density at radius 3 is 2.63 bits per heavy atom. The molecule has 0 atom stereocenters. The third kappa shape index (κ3) is 2.25. The maximum absolute atomic E-state index is 4.61. The second-order valence-electron chi connectivity index (χ2n) is 4.36. The summed E-state index contributed by atoms with van der Waals surface area (Å²) in [5.41, 5.74) is 2.67.